The molecule has 0 aliphatic rings. The van der Waals surface area contributed by atoms with Crippen LogP contribution in [0.25, 0.3) is 0 Å². The summed E-state index contributed by atoms with van der Waals surface area (Å²) < 4.78 is 5.12. The van der Waals surface area contributed by atoms with Gasteiger partial charge in [-0.3, -0.25) is 0 Å². The van der Waals surface area contributed by atoms with Crippen LogP contribution >= 0.6 is 0 Å². The molecule has 1 heterocycles. The molecular formula is C19H26N2O3. The number of carbonyl (C=O) groups excluding carboxylic acids is 1. The molecular weight excluding hydrogens is 304 g/mol. The van der Waals surface area contributed by atoms with E-state index in [9.17, 15) is 9.90 Å². The molecule has 2 amide bonds. The van der Waals surface area contributed by atoms with Gasteiger partial charge in [-0.2, -0.15) is 0 Å². The average Bonchev–Trinajstić information content (AvgIpc) is 3.12. The lowest BCUT2D eigenvalue weighted by Gasteiger charge is -2.35. The van der Waals surface area contributed by atoms with Crippen LogP contribution in [0.3, 0.4) is 0 Å². The molecule has 2 aromatic rings. The fraction of sp³-hybridized carbons (Fsp3) is 0.421. The van der Waals surface area contributed by atoms with E-state index in [1.54, 1.807) is 12.1 Å². The minimum absolute atomic E-state index is 0.0272. The number of amides is 2. The van der Waals surface area contributed by atoms with E-state index in [1.807, 2.05) is 25.1 Å². The Morgan fingerprint density at radius 2 is 1.92 bits per heavy atom. The Morgan fingerprint density at radius 1 is 1.21 bits per heavy atom. The molecule has 2 unspecified atom stereocenters. The van der Waals surface area contributed by atoms with E-state index >= 15 is 0 Å². The molecule has 1 aromatic carbocycles. The highest BCUT2D eigenvalue weighted by Gasteiger charge is 2.31. The van der Waals surface area contributed by atoms with Crippen molar-refractivity contribution >= 4 is 6.03 Å². The number of furan rings is 1. The van der Waals surface area contributed by atoms with Gasteiger partial charge in [-0.05, 0) is 24.1 Å². The Balaban J connectivity index is 1.93. The van der Waals surface area contributed by atoms with Crippen LogP contribution in [0.15, 0.2) is 53.1 Å². The van der Waals surface area contributed by atoms with E-state index in [1.165, 1.54) is 11.8 Å². The Kier molecular flexibility index (Phi) is 6.04. The average molecular weight is 330 g/mol. The molecule has 24 heavy (non-hydrogen) atoms. The Morgan fingerprint density at radius 3 is 2.50 bits per heavy atom. The molecule has 0 saturated carbocycles. The molecule has 0 aliphatic carbocycles. The van der Waals surface area contributed by atoms with Gasteiger partial charge in [0.15, 0.2) is 0 Å². The molecule has 0 bridgehead atoms. The zero-order chi connectivity index (χ0) is 17.6. The number of urea groups is 1. The molecule has 2 atom stereocenters. The molecule has 1 aromatic heterocycles. The van der Waals surface area contributed by atoms with Gasteiger partial charge >= 0.3 is 6.03 Å². The van der Waals surface area contributed by atoms with E-state index < -0.39 is 6.10 Å². The molecule has 5 heteroatoms. The summed E-state index contributed by atoms with van der Waals surface area (Å²) in [5.74, 6) is 0.437. The lowest BCUT2D eigenvalue weighted by atomic mass is 9.76. The van der Waals surface area contributed by atoms with E-state index in [4.69, 9.17) is 4.42 Å². The van der Waals surface area contributed by atoms with Crippen LogP contribution in [0, 0.1) is 0 Å². The van der Waals surface area contributed by atoms with Crippen LogP contribution in [-0.2, 0) is 5.41 Å². The maximum atomic E-state index is 12.2. The first kappa shape index (κ1) is 18.1. The maximum Gasteiger partial charge on any atom is 0.315 e. The van der Waals surface area contributed by atoms with Crippen molar-refractivity contribution in [3.05, 3.63) is 60.1 Å². The third kappa shape index (κ3) is 4.38. The highest BCUT2D eigenvalue weighted by Crippen LogP contribution is 2.28. The van der Waals surface area contributed by atoms with Crippen LogP contribution in [0.2, 0.25) is 0 Å². The minimum atomic E-state index is -0.854. The summed E-state index contributed by atoms with van der Waals surface area (Å²) in [6.07, 6.45) is 1.44. The Labute approximate surface area is 143 Å². The third-order valence-electron chi connectivity index (χ3n) is 4.43. The number of aliphatic hydroxyl groups is 1. The summed E-state index contributed by atoms with van der Waals surface area (Å²) >= 11 is 0. The molecule has 0 radical (unpaired) electrons. The number of nitrogens with one attached hydrogen (secondary N) is 2. The van der Waals surface area contributed by atoms with Gasteiger partial charge in [0.2, 0.25) is 0 Å². The van der Waals surface area contributed by atoms with Gasteiger partial charge in [-0.15, -0.1) is 0 Å². The number of benzene rings is 1. The van der Waals surface area contributed by atoms with Gasteiger partial charge in [0, 0.05) is 11.5 Å². The van der Waals surface area contributed by atoms with Gasteiger partial charge in [-0.25, -0.2) is 4.79 Å². The number of rotatable bonds is 7. The number of aliphatic hydroxyl groups excluding tert-OH is 1. The van der Waals surface area contributed by atoms with E-state index in [0.717, 1.165) is 6.42 Å². The van der Waals surface area contributed by atoms with Crippen LogP contribution < -0.4 is 10.6 Å². The highest BCUT2D eigenvalue weighted by molar-refractivity contribution is 5.74. The molecule has 3 N–H and O–H groups in total. The van der Waals surface area contributed by atoms with Gasteiger partial charge in [-0.1, -0.05) is 51.1 Å². The standard InChI is InChI=1S/C19H26N2O3/c1-4-17(19(2,3)14-9-6-5-7-10-14)21-18(23)20-13-15(22)16-11-8-12-24-16/h5-12,15,17,22H,4,13H2,1-3H3,(H2,20,21,23). The van der Waals surface area contributed by atoms with Crippen molar-refractivity contribution in [2.45, 2.75) is 44.8 Å². The van der Waals surface area contributed by atoms with Crippen LogP contribution in [0.1, 0.15) is 44.6 Å². The Hall–Kier alpha value is -2.27. The normalized spacial score (nSPS) is 14.0. The first-order valence-electron chi connectivity index (χ1n) is 8.26. The lowest BCUT2D eigenvalue weighted by Crippen LogP contribution is -2.51. The quantitative estimate of drug-likeness (QED) is 0.728. The second-order valence-corrected chi connectivity index (χ2v) is 6.43. The third-order valence-corrected chi connectivity index (χ3v) is 4.43. The zero-order valence-corrected chi connectivity index (χ0v) is 14.5. The van der Waals surface area contributed by atoms with E-state index in [0.29, 0.717) is 5.76 Å². The predicted octanol–water partition coefficient (Wildman–Crippen LogP) is 3.37. The largest absolute Gasteiger partial charge is 0.467 e. The van der Waals surface area contributed by atoms with Crippen molar-refractivity contribution < 1.29 is 14.3 Å². The van der Waals surface area contributed by atoms with E-state index in [2.05, 4.69) is 36.6 Å². The summed E-state index contributed by atoms with van der Waals surface area (Å²) in [5, 5.41) is 15.7. The Bertz CT molecular complexity index is 623. The summed E-state index contributed by atoms with van der Waals surface area (Å²) in [4.78, 5) is 12.2. The topological polar surface area (TPSA) is 74.5 Å². The first-order chi connectivity index (χ1) is 11.4. The first-order valence-corrected chi connectivity index (χ1v) is 8.26. The van der Waals surface area contributed by atoms with Crippen molar-refractivity contribution in [3.63, 3.8) is 0 Å². The van der Waals surface area contributed by atoms with Crippen molar-refractivity contribution in [2.75, 3.05) is 6.54 Å². The number of hydrogen-bond donors (Lipinski definition) is 3. The van der Waals surface area contributed by atoms with Crippen LogP contribution in [0.4, 0.5) is 4.79 Å². The summed E-state index contributed by atoms with van der Waals surface area (Å²) in [7, 11) is 0. The molecule has 130 valence electrons. The molecule has 0 fully saturated rings. The van der Waals surface area contributed by atoms with Crippen molar-refractivity contribution in [1.82, 2.24) is 10.6 Å². The van der Waals surface area contributed by atoms with Gasteiger partial charge in [0.1, 0.15) is 11.9 Å². The smallest absolute Gasteiger partial charge is 0.315 e. The number of carbonyl (C=O) groups is 1. The fourth-order valence-corrected chi connectivity index (χ4v) is 2.84. The minimum Gasteiger partial charge on any atom is -0.467 e. The monoisotopic (exact) mass is 330 g/mol. The molecule has 0 aliphatic heterocycles. The second kappa shape index (κ2) is 8.02. The maximum absolute atomic E-state index is 12.2. The van der Waals surface area contributed by atoms with Crippen molar-refractivity contribution in [2.24, 2.45) is 0 Å². The van der Waals surface area contributed by atoms with Crippen LogP contribution in [0.5, 0.6) is 0 Å². The number of hydrogen-bond acceptors (Lipinski definition) is 3. The van der Waals surface area contributed by atoms with Gasteiger partial charge in [0.05, 0.1) is 12.8 Å². The highest BCUT2D eigenvalue weighted by atomic mass is 16.4. The zero-order valence-electron chi connectivity index (χ0n) is 14.5. The van der Waals surface area contributed by atoms with Gasteiger partial charge in [0.25, 0.3) is 0 Å². The molecule has 0 saturated heterocycles. The SMILES string of the molecule is CCC(NC(=O)NCC(O)c1ccco1)C(C)(C)c1ccccc1. The van der Waals surface area contributed by atoms with Crippen molar-refractivity contribution in [3.8, 4) is 0 Å². The molecule has 2 rings (SSSR count). The molecule has 0 spiro atoms. The lowest BCUT2D eigenvalue weighted by molar-refractivity contribution is 0.147. The summed E-state index contributed by atoms with van der Waals surface area (Å²) in [5.41, 5.74) is 0.972. The summed E-state index contributed by atoms with van der Waals surface area (Å²) in [6, 6.07) is 13.2. The fourth-order valence-electron chi connectivity index (χ4n) is 2.84. The van der Waals surface area contributed by atoms with Crippen molar-refractivity contribution in [1.29, 1.82) is 0 Å². The molecule has 5 nitrogen and oxygen atoms in total. The van der Waals surface area contributed by atoms with Gasteiger partial charge < -0.3 is 20.2 Å². The second-order valence-electron chi connectivity index (χ2n) is 6.43. The predicted molar refractivity (Wildman–Crippen MR) is 93.7 cm³/mol. The van der Waals surface area contributed by atoms with E-state index in [-0.39, 0.29) is 24.0 Å². The van der Waals surface area contributed by atoms with Crippen LogP contribution in [-0.4, -0.2) is 23.7 Å². The summed E-state index contributed by atoms with van der Waals surface area (Å²) in [6.45, 7) is 6.39.